The summed E-state index contributed by atoms with van der Waals surface area (Å²) < 4.78 is 4.48. The van der Waals surface area contributed by atoms with Crippen LogP contribution in [0.5, 0.6) is 5.75 Å². The Labute approximate surface area is 118 Å². The second kappa shape index (κ2) is 8.09. The van der Waals surface area contributed by atoms with E-state index in [0.717, 1.165) is 0 Å². The molecule has 0 saturated carbocycles. The summed E-state index contributed by atoms with van der Waals surface area (Å²) >= 11 is 0. The molecule has 0 atom stereocenters. The largest absolute Gasteiger partial charge is 0.504 e. The van der Waals surface area contributed by atoms with Crippen LogP contribution in [0, 0.1) is 0 Å². The monoisotopic (exact) mass is 276 g/mol. The molecule has 5 heteroatoms. The number of fused-ring (bicyclic) bond motifs is 1. The zero-order valence-corrected chi connectivity index (χ0v) is 12.1. The van der Waals surface area contributed by atoms with Gasteiger partial charge in [0.2, 0.25) is 0 Å². The Morgan fingerprint density at radius 2 is 2.00 bits per heavy atom. The molecule has 108 valence electrons. The number of nitrogens with zero attached hydrogens (tertiary/aromatic N) is 2. The van der Waals surface area contributed by atoms with Gasteiger partial charge in [-0.3, -0.25) is 4.98 Å². The number of hydrogen-bond donors (Lipinski definition) is 1. The molecule has 1 N–H and O–H groups in total. The smallest absolute Gasteiger partial charge is 0.360 e. The Hall–Kier alpha value is -2.17. The van der Waals surface area contributed by atoms with Crippen molar-refractivity contribution < 1.29 is 14.6 Å². The van der Waals surface area contributed by atoms with Crippen molar-refractivity contribution in [3.63, 3.8) is 0 Å². The summed E-state index contributed by atoms with van der Waals surface area (Å²) in [5.74, 6) is -0.931. The molecule has 2 rings (SSSR count). The van der Waals surface area contributed by atoms with Crippen molar-refractivity contribution in [2.75, 3.05) is 7.11 Å². The molecular weight excluding hydrogens is 256 g/mol. The lowest BCUT2D eigenvalue weighted by Gasteiger charge is -2.03. The molecule has 2 heterocycles. The molecule has 0 aromatic carbocycles. The quantitative estimate of drug-likeness (QED) is 0.871. The first-order chi connectivity index (χ1) is 9.65. The second-order valence-corrected chi connectivity index (χ2v) is 4.24. The molecule has 0 aliphatic carbocycles. The van der Waals surface area contributed by atoms with Gasteiger partial charge in [0.05, 0.1) is 7.11 Å². The first kappa shape index (κ1) is 15.9. The van der Waals surface area contributed by atoms with Gasteiger partial charge in [0.15, 0.2) is 11.4 Å². The summed E-state index contributed by atoms with van der Waals surface area (Å²) in [4.78, 5) is 19.0. The highest BCUT2D eigenvalue weighted by Crippen LogP contribution is 2.24. The number of carbonyl (C=O) groups excluding carboxylic acids is 1. The Morgan fingerprint density at radius 1 is 1.30 bits per heavy atom. The summed E-state index contributed by atoms with van der Waals surface area (Å²) in [6, 6.07) is 3.47. The first-order valence-corrected chi connectivity index (χ1v) is 6.66. The molecule has 2 aromatic rings. The zero-order valence-electron chi connectivity index (χ0n) is 12.1. The van der Waals surface area contributed by atoms with Crippen LogP contribution in [0.3, 0.4) is 0 Å². The van der Waals surface area contributed by atoms with Crippen molar-refractivity contribution in [1.82, 2.24) is 9.97 Å². The molecule has 2 aromatic heterocycles. The van der Waals surface area contributed by atoms with E-state index in [0.29, 0.717) is 10.9 Å². The molecule has 20 heavy (non-hydrogen) atoms. The lowest BCUT2D eigenvalue weighted by Crippen LogP contribution is -2.04. The van der Waals surface area contributed by atoms with E-state index in [-0.39, 0.29) is 11.4 Å². The minimum atomic E-state index is -0.681. The van der Waals surface area contributed by atoms with E-state index in [2.05, 4.69) is 28.6 Å². The Balaban J connectivity index is 0.000000347. The molecule has 0 aliphatic heterocycles. The first-order valence-electron chi connectivity index (χ1n) is 6.66. The van der Waals surface area contributed by atoms with Crippen LogP contribution >= 0.6 is 0 Å². The number of methoxy groups -OCH3 is 1. The molecular formula is C15H20N2O3. The number of aromatic hydroxyl groups is 1. The van der Waals surface area contributed by atoms with E-state index in [1.807, 2.05) is 0 Å². The van der Waals surface area contributed by atoms with Crippen molar-refractivity contribution in [2.24, 2.45) is 0 Å². The fourth-order valence-corrected chi connectivity index (χ4v) is 1.63. The lowest BCUT2D eigenvalue weighted by atomic mass is 10.2. The van der Waals surface area contributed by atoms with Gasteiger partial charge in [-0.25, -0.2) is 9.78 Å². The van der Waals surface area contributed by atoms with E-state index < -0.39 is 5.97 Å². The van der Waals surface area contributed by atoms with Gasteiger partial charge < -0.3 is 9.84 Å². The average Bonchev–Trinajstić information content (AvgIpc) is 2.49. The average molecular weight is 276 g/mol. The fraction of sp³-hybridized carbons (Fsp3) is 0.400. The molecule has 0 radical (unpaired) electrons. The van der Waals surface area contributed by atoms with Gasteiger partial charge in [0.1, 0.15) is 5.52 Å². The van der Waals surface area contributed by atoms with Gasteiger partial charge in [-0.1, -0.05) is 33.1 Å². The minimum Gasteiger partial charge on any atom is -0.504 e. The van der Waals surface area contributed by atoms with Crippen LogP contribution < -0.4 is 0 Å². The molecule has 0 aliphatic rings. The number of hydrogen-bond acceptors (Lipinski definition) is 5. The van der Waals surface area contributed by atoms with Gasteiger partial charge in [0, 0.05) is 17.8 Å². The number of esters is 1. The standard InChI is InChI=1S/C10H8N2O3.C5H12/c1-15-10(14)8-9(13)7-6(5-12-8)3-2-4-11-7;1-3-5-4-2/h2-5,13H,1H3;3-5H2,1-2H3. The summed E-state index contributed by atoms with van der Waals surface area (Å²) in [7, 11) is 1.23. The maximum atomic E-state index is 11.2. The topological polar surface area (TPSA) is 72.3 Å². The van der Waals surface area contributed by atoms with Crippen LogP contribution in [0.1, 0.15) is 43.6 Å². The Morgan fingerprint density at radius 3 is 2.55 bits per heavy atom. The van der Waals surface area contributed by atoms with Gasteiger partial charge in [-0.2, -0.15) is 0 Å². The highest BCUT2D eigenvalue weighted by atomic mass is 16.5. The van der Waals surface area contributed by atoms with E-state index in [4.69, 9.17) is 0 Å². The van der Waals surface area contributed by atoms with Crippen LogP contribution in [0.4, 0.5) is 0 Å². The Kier molecular flexibility index (Phi) is 6.43. The van der Waals surface area contributed by atoms with E-state index >= 15 is 0 Å². The molecule has 0 unspecified atom stereocenters. The molecule has 0 bridgehead atoms. The SMILES string of the molecule is CCCCC.COC(=O)c1ncc2cccnc2c1O. The van der Waals surface area contributed by atoms with Gasteiger partial charge in [-0.15, -0.1) is 0 Å². The summed E-state index contributed by atoms with van der Waals surface area (Å²) in [5, 5.41) is 10.4. The fourth-order valence-electron chi connectivity index (χ4n) is 1.63. The van der Waals surface area contributed by atoms with Crippen LogP contribution in [-0.4, -0.2) is 28.2 Å². The minimum absolute atomic E-state index is 0.122. The third-order valence-corrected chi connectivity index (χ3v) is 2.71. The van der Waals surface area contributed by atoms with Crippen LogP contribution in [-0.2, 0) is 4.74 Å². The van der Waals surface area contributed by atoms with Gasteiger partial charge in [-0.05, 0) is 12.1 Å². The van der Waals surface area contributed by atoms with Gasteiger partial charge in [0.25, 0.3) is 0 Å². The summed E-state index contributed by atoms with van der Waals surface area (Å²) in [5.41, 5.74) is 0.219. The van der Waals surface area contributed by atoms with Crippen LogP contribution in [0.15, 0.2) is 24.5 Å². The van der Waals surface area contributed by atoms with Crippen molar-refractivity contribution in [3.05, 3.63) is 30.2 Å². The number of unbranched alkanes of at least 4 members (excludes halogenated alkanes) is 2. The third-order valence-electron chi connectivity index (χ3n) is 2.71. The number of ether oxygens (including phenoxy) is 1. The molecule has 0 spiro atoms. The molecule has 0 fully saturated rings. The van der Waals surface area contributed by atoms with Crippen molar-refractivity contribution in [1.29, 1.82) is 0 Å². The zero-order chi connectivity index (χ0) is 15.0. The maximum absolute atomic E-state index is 11.2. The van der Waals surface area contributed by atoms with Crippen molar-refractivity contribution in [3.8, 4) is 5.75 Å². The molecule has 0 amide bonds. The van der Waals surface area contributed by atoms with Gasteiger partial charge >= 0.3 is 5.97 Å². The normalized spacial score (nSPS) is 9.75. The number of carbonyl (C=O) groups is 1. The van der Waals surface area contributed by atoms with E-state index in [9.17, 15) is 9.90 Å². The lowest BCUT2D eigenvalue weighted by molar-refractivity contribution is 0.0591. The van der Waals surface area contributed by atoms with Crippen LogP contribution in [0.25, 0.3) is 10.9 Å². The highest BCUT2D eigenvalue weighted by molar-refractivity contribution is 5.97. The second-order valence-electron chi connectivity index (χ2n) is 4.24. The van der Waals surface area contributed by atoms with E-state index in [1.165, 1.54) is 38.8 Å². The molecule has 5 nitrogen and oxygen atoms in total. The predicted octanol–water partition coefficient (Wildman–Crippen LogP) is 3.32. The summed E-state index contributed by atoms with van der Waals surface area (Å²) in [6.45, 7) is 4.42. The number of pyridine rings is 2. The summed E-state index contributed by atoms with van der Waals surface area (Å²) in [6.07, 6.45) is 7.07. The number of aromatic nitrogens is 2. The predicted molar refractivity (Wildman–Crippen MR) is 77.7 cm³/mol. The van der Waals surface area contributed by atoms with Crippen molar-refractivity contribution >= 4 is 16.9 Å². The Bertz CT molecular complexity index is 568. The number of rotatable bonds is 3. The highest BCUT2D eigenvalue weighted by Gasteiger charge is 2.16. The van der Waals surface area contributed by atoms with Crippen molar-refractivity contribution in [2.45, 2.75) is 33.1 Å². The van der Waals surface area contributed by atoms with E-state index in [1.54, 1.807) is 12.1 Å². The van der Waals surface area contributed by atoms with Crippen LogP contribution in [0.2, 0.25) is 0 Å². The third kappa shape index (κ3) is 3.91. The molecule has 0 saturated heterocycles. The maximum Gasteiger partial charge on any atom is 0.360 e.